The van der Waals surface area contributed by atoms with Gasteiger partial charge in [0.2, 0.25) is 5.91 Å². The Balaban J connectivity index is 1.74. The molecular formula is C16H30N2O3. The lowest BCUT2D eigenvalue weighted by atomic mass is 9.97. The van der Waals surface area contributed by atoms with E-state index >= 15 is 0 Å². The minimum Gasteiger partial charge on any atom is -0.384 e. The number of morpholine rings is 1. The lowest BCUT2D eigenvalue weighted by Gasteiger charge is -2.37. The topological polar surface area (TPSA) is 42.0 Å². The van der Waals surface area contributed by atoms with Crippen LogP contribution in [0.15, 0.2) is 0 Å². The van der Waals surface area contributed by atoms with E-state index in [1.165, 1.54) is 0 Å². The maximum atomic E-state index is 12.4. The highest BCUT2D eigenvalue weighted by molar-refractivity contribution is 5.76. The SMILES string of the molecule is COCC1CCN(C(=O)C[C@@H]2CN(C(C)C)CCO2)CC1. The van der Waals surface area contributed by atoms with Crippen LogP contribution in [-0.2, 0) is 14.3 Å². The summed E-state index contributed by atoms with van der Waals surface area (Å²) < 4.78 is 11.0. The van der Waals surface area contributed by atoms with Crippen molar-refractivity contribution < 1.29 is 14.3 Å². The summed E-state index contributed by atoms with van der Waals surface area (Å²) in [6.07, 6.45) is 2.70. The van der Waals surface area contributed by atoms with Gasteiger partial charge in [-0.25, -0.2) is 0 Å². The van der Waals surface area contributed by atoms with E-state index in [1.54, 1.807) is 7.11 Å². The van der Waals surface area contributed by atoms with Gasteiger partial charge in [-0.15, -0.1) is 0 Å². The van der Waals surface area contributed by atoms with Crippen LogP contribution in [0.5, 0.6) is 0 Å². The highest BCUT2D eigenvalue weighted by Gasteiger charge is 2.28. The van der Waals surface area contributed by atoms with Gasteiger partial charge in [-0.3, -0.25) is 9.69 Å². The van der Waals surface area contributed by atoms with Crippen molar-refractivity contribution in [3.8, 4) is 0 Å². The summed E-state index contributed by atoms with van der Waals surface area (Å²) in [5.74, 6) is 0.864. The predicted octanol–water partition coefficient (Wildman–Crippen LogP) is 1.37. The Labute approximate surface area is 128 Å². The molecule has 0 saturated carbocycles. The fourth-order valence-corrected chi connectivity index (χ4v) is 3.24. The molecule has 122 valence electrons. The highest BCUT2D eigenvalue weighted by atomic mass is 16.5. The van der Waals surface area contributed by atoms with Crippen LogP contribution in [-0.4, -0.2) is 74.4 Å². The van der Waals surface area contributed by atoms with Gasteiger partial charge < -0.3 is 14.4 Å². The summed E-state index contributed by atoms with van der Waals surface area (Å²) in [5, 5.41) is 0. The van der Waals surface area contributed by atoms with Crippen molar-refractivity contribution in [1.29, 1.82) is 0 Å². The number of methoxy groups -OCH3 is 1. The smallest absolute Gasteiger partial charge is 0.225 e. The molecule has 5 nitrogen and oxygen atoms in total. The molecule has 0 aromatic carbocycles. The van der Waals surface area contributed by atoms with Crippen LogP contribution < -0.4 is 0 Å². The lowest BCUT2D eigenvalue weighted by molar-refractivity contribution is -0.138. The second-order valence-corrected chi connectivity index (χ2v) is 6.57. The number of carbonyl (C=O) groups excluding carboxylic acids is 1. The maximum absolute atomic E-state index is 12.4. The van der Waals surface area contributed by atoms with Crippen LogP contribution in [0.3, 0.4) is 0 Å². The Bertz CT molecular complexity index is 327. The van der Waals surface area contributed by atoms with Crippen molar-refractivity contribution >= 4 is 5.91 Å². The van der Waals surface area contributed by atoms with Crippen LogP contribution in [0.25, 0.3) is 0 Å². The molecule has 0 aromatic heterocycles. The third kappa shape index (κ3) is 4.94. The number of rotatable bonds is 5. The second-order valence-electron chi connectivity index (χ2n) is 6.57. The van der Waals surface area contributed by atoms with E-state index in [1.807, 2.05) is 4.90 Å². The van der Waals surface area contributed by atoms with E-state index in [-0.39, 0.29) is 12.0 Å². The molecule has 0 N–H and O–H groups in total. The summed E-state index contributed by atoms with van der Waals surface area (Å²) in [5.41, 5.74) is 0. The minimum atomic E-state index is 0.0605. The molecule has 1 amide bonds. The first-order valence-electron chi connectivity index (χ1n) is 8.22. The van der Waals surface area contributed by atoms with E-state index in [4.69, 9.17) is 9.47 Å². The maximum Gasteiger partial charge on any atom is 0.225 e. The van der Waals surface area contributed by atoms with Crippen molar-refractivity contribution in [3.05, 3.63) is 0 Å². The van der Waals surface area contributed by atoms with Gasteiger partial charge in [-0.05, 0) is 32.6 Å². The molecule has 0 unspecified atom stereocenters. The van der Waals surface area contributed by atoms with Gasteiger partial charge in [0.1, 0.15) is 0 Å². The molecule has 0 aromatic rings. The number of nitrogens with zero attached hydrogens (tertiary/aromatic N) is 2. The van der Waals surface area contributed by atoms with Crippen molar-refractivity contribution in [2.24, 2.45) is 5.92 Å². The van der Waals surface area contributed by atoms with E-state index in [0.29, 0.717) is 18.4 Å². The largest absolute Gasteiger partial charge is 0.384 e. The Morgan fingerprint density at radius 3 is 2.62 bits per heavy atom. The second kappa shape index (κ2) is 8.11. The first-order valence-corrected chi connectivity index (χ1v) is 8.22. The zero-order chi connectivity index (χ0) is 15.2. The fourth-order valence-electron chi connectivity index (χ4n) is 3.24. The molecule has 0 radical (unpaired) electrons. The Morgan fingerprint density at radius 2 is 2.00 bits per heavy atom. The number of ether oxygens (including phenoxy) is 2. The highest BCUT2D eigenvalue weighted by Crippen LogP contribution is 2.19. The standard InChI is InChI=1S/C16H30N2O3/c1-13(2)18-8-9-21-15(11-18)10-16(19)17-6-4-14(5-7-17)12-20-3/h13-15H,4-12H2,1-3H3/t15-/m1/s1. The molecule has 0 spiro atoms. The third-order valence-corrected chi connectivity index (χ3v) is 4.67. The normalized spacial score (nSPS) is 25.5. The van der Waals surface area contributed by atoms with Crippen molar-refractivity contribution in [2.75, 3.05) is 46.5 Å². The molecule has 1 atom stereocenters. The number of carbonyl (C=O) groups is 1. The van der Waals surface area contributed by atoms with Crippen LogP contribution in [0.1, 0.15) is 33.1 Å². The number of amides is 1. The van der Waals surface area contributed by atoms with Crippen LogP contribution in [0, 0.1) is 5.92 Å². The number of likely N-dealkylation sites (tertiary alicyclic amines) is 1. The van der Waals surface area contributed by atoms with E-state index in [2.05, 4.69) is 18.7 Å². The monoisotopic (exact) mass is 298 g/mol. The molecule has 2 saturated heterocycles. The Morgan fingerprint density at radius 1 is 1.29 bits per heavy atom. The summed E-state index contributed by atoms with van der Waals surface area (Å²) in [7, 11) is 1.75. The first-order chi connectivity index (χ1) is 10.1. The quantitative estimate of drug-likeness (QED) is 0.769. The molecule has 2 fully saturated rings. The summed E-state index contributed by atoms with van der Waals surface area (Å²) >= 11 is 0. The fraction of sp³-hybridized carbons (Fsp3) is 0.938. The van der Waals surface area contributed by atoms with Gasteiger partial charge in [0.15, 0.2) is 0 Å². The van der Waals surface area contributed by atoms with Gasteiger partial charge in [0.25, 0.3) is 0 Å². The van der Waals surface area contributed by atoms with Crippen molar-refractivity contribution in [3.63, 3.8) is 0 Å². The van der Waals surface area contributed by atoms with E-state index in [0.717, 1.165) is 52.2 Å². The molecule has 21 heavy (non-hydrogen) atoms. The van der Waals surface area contributed by atoms with Crippen molar-refractivity contribution in [1.82, 2.24) is 9.80 Å². The summed E-state index contributed by atoms with van der Waals surface area (Å²) in [6, 6.07) is 0.524. The van der Waals surface area contributed by atoms with E-state index in [9.17, 15) is 4.79 Å². The Kier molecular flexibility index (Phi) is 6.45. The summed E-state index contributed by atoms with van der Waals surface area (Å²) in [6.45, 7) is 9.55. The first kappa shape index (κ1) is 16.7. The van der Waals surface area contributed by atoms with Gasteiger partial charge in [-0.1, -0.05) is 0 Å². The molecule has 2 rings (SSSR count). The molecule has 2 heterocycles. The zero-order valence-electron chi connectivity index (χ0n) is 13.7. The lowest BCUT2D eigenvalue weighted by Crippen LogP contribution is -2.48. The average molecular weight is 298 g/mol. The molecular weight excluding hydrogens is 268 g/mol. The van der Waals surface area contributed by atoms with Gasteiger partial charge in [0, 0.05) is 45.9 Å². The van der Waals surface area contributed by atoms with Gasteiger partial charge >= 0.3 is 0 Å². The number of piperidine rings is 1. The molecule has 2 aliphatic heterocycles. The van der Waals surface area contributed by atoms with Crippen LogP contribution in [0.4, 0.5) is 0 Å². The third-order valence-electron chi connectivity index (χ3n) is 4.67. The van der Waals surface area contributed by atoms with E-state index < -0.39 is 0 Å². The number of hydrogen-bond acceptors (Lipinski definition) is 4. The van der Waals surface area contributed by atoms with Crippen molar-refractivity contribution in [2.45, 2.75) is 45.3 Å². The Hall–Kier alpha value is -0.650. The molecule has 0 bridgehead atoms. The summed E-state index contributed by atoms with van der Waals surface area (Å²) in [4.78, 5) is 16.8. The number of hydrogen-bond donors (Lipinski definition) is 0. The zero-order valence-corrected chi connectivity index (χ0v) is 13.7. The molecule has 0 aliphatic carbocycles. The van der Waals surface area contributed by atoms with Crippen LogP contribution >= 0.6 is 0 Å². The predicted molar refractivity (Wildman–Crippen MR) is 82.2 cm³/mol. The van der Waals surface area contributed by atoms with Crippen LogP contribution in [0.2, 0.25) is 0 Å². The van der Waals surface area contributed by atoms with Gasteiger partial charge in [0.05, 0.1) is 19.1 Å². The molecule has 2 aliphatic rings. The van der Waals surface area contributed by atoms with Gasteiger partial charge in [-0.2, -0.15) is 0 Å². The minimum absolute atomic E-state index is 0.0605. The average Bonchev–Trinajstić information content (AvgIpc) is 2.48. The molecule has 5 heteroatoms.